The fourth-order valence-corrected chi connectivity index (χ4v) is 2.68. The quantitative estimate of drug-likeness (QED) is 0.847. The number of methoxy groups -OCH3 is 1. The summed E-state index contributed by atoms with van der Waals surface area (Å²) < 4.78 is 4.66. The van der Waals surface area contributed by atoms with Gasteiger partial charge >= 0.3 is 5.97 Å². The number of rotatable bonds is 4. The summed E-state index contributed by atoms with van der Waals surface area (Å²) >= 11 is 0. The predicted molar refractivity (Wildman–Crippen MR) is 77.1 cm³/mol. The third-order valence-electron chi connectivity index (χ3n) is 3.84. The van der Waals surface area contributed by atoms with Gasteiger partial charge in [-0.25, -0.2) is 0 Å². The molecular formula is C15H20N2O4. The lowest BCUT2D eigenvalue weighted by Gasteiger charge is -2.27. The lowest BCUT2D eigenvalue weighted by atomic mass is 10.1. The number of H-pyrrole nitrogens is 1. The van der Waals surface area contributed by atoms with Crippen LogP contribution >= 0.6 is 0 Å². The molecule has 6 heteroatoms. The lowest BCUT2D eigenvalue weighted by Crippen LogP contribution is -2.44. The van der Waals surface area contributed by atoms with E-state index in [1.807, 2.05) is 0 Å². The molecule has 1 N–H and O–H groups in total. The Labute approximate surface area is 123 Å². The third-order valence-corrected chi connectivity index (χ3v) is 3.84. The number of amides is 1. The van der Waals surface area contributed by atoms with Crippen LogP contribution in [0.1, 0.15) is 41.7 Å². The van der Waals surface area contributed by atoms with Gasteiger partial charge in [0.15, 0.2) is 5.43 Å². The van der Waals surface area contributed by atoms with E-state index in [2.05, 4.69) is 9.72 Å². The van der Waals surface area contributed by atoms with E-state index in [0.29, 0.717) is 5.69 Å². The topological polar surface area (TPSA) is 79.5 Å². The number of hydrogen-bond donors (Lipinski definition) is 1. The van der Waals surface area contributed by atoms with Crippen LogP contribution < -0.4 is 5.43 Å². The van der Waals surface area contributed by atoms with Crippen LogP contribution in [0.2, 0.25) is 0 Å². The lowest BCUT2D eigenvalue weighted by molar-refractivity contribution is -0.141. The summed E-state index contributed by atoms with van der Waals surface area (Å²) in [5.74, 6) is -0.882. The van der Waals surface area contributed by atoms with Gasteiger partial charge in [0.05, 0.1) is 7.11 Å². The molecule has 2 rings (SSSR count). The number of aromatic amines is 1. The molecule has 0 radical (unpaired) electrons. The number of carbonyl (C=O) groups is 2. The first-order chi connectivity index (χ1) is 10.0. The van der Waals surface area contributed by atoms with Gasteiger partial charge in [0, 0.05) is 24.0 Å². The molecule has 21 heavy (non-hydrogen) atoms. The second kappa shape index (κ2) is 6.56. The highest BCUT2D eigenvalue weighted by atomic mass is 16.5. The summed E-state index contributed by atoms with van der Waals surface area (Å²) in [6.07, 6.45) is 5.18. The smallest absolute Gasteiger partial charge is 0.325 e. The number of hydrogen-bond acceptors (Lipinski definition) is 4. The van der Waals surface area contributed by atoms with Crippen LogP contribution in [0.15, 0.2) is 17.1 Å². The van der Waals surface area contributed by atoms with Crippen molar-refractivity contribution >= 4 is 11.9 Å². The average Bonchev–Trinajstić information content (AvgIpc) is 2.97. The molecule has 1 heterocycles. The van der Waals surface area contributed by atoms with E-state index in [1.54, 1.807) is 6.92 Å². The highest BCUT2D eigenvalue weighted by Gasteiger charge is 2.30. The molecule has 1 saturated carbocycles. The van der Waals surface area contributed by atoms with E-state index < -0.39 is 11.9 Å². The molecule has 0 aromatic carbocycles. The summed E-state index contributed by atoms with van der Waals surface area (Å²) in [4.78, 5) is 40.5. The van der Waals surface area contributed by atoms with Gasteiger partial charge in [0.2, 0.25) is 0 Å². The molecule has 1 aliphatic carbocycles. The number of pyridine rings is 1. The Kier molecular flexibility index (Phi) is 4.77. The van der Waals surface area contributed by atoms with Crippen molar-refractivity contribution in [1.29, 1.82) is 0 Å². The van der Waals surface area contributed by atoms with Crippen LogP contribution in [0.4, 0.5) is 0 Å². The number of nitrogens with one attached hydrogen (secondary N) is 1. The van der Waals surface area contributed by atoms with Crippen LogP contribution in [-0.4, -0.2) is 41.5 Å². The molecule has 0 atom stereocenters. The standard InChI is InChI=1S/C15H20N2O4/c1-10-7-13(18)12(8-16-10)15(20)17(9-14(19)21-2)11-5-3-4-6-11/h7-8,11H,3-6,9H2,1-2H3,(H,16,18). The Hall–Kier alpha value is -2.11. The predicted octanol–water partition coefficient (Wildman–Crippen LogP) is 1.24. The molecule has 1 aromatic rings. The number of aryl methyl sites for hydroxylation is 1. The first kappa shape index (κ1) is 15.3. The summed E-state index contributed by atoms with van der Waals surface area (Å²) in [7, 11) is 1.29. The number of carbonyl (C=O) groups excluding carboxylic acids is 2. The summed E-state index contributed by atoms with van der Waals surface area (Å²) in [5, 5.41) is 0. The second-order valence-electron chi connectivity index (χ2n) is 5.34. The number of aromatic nitrogens is 1. The van der Waals surface area contributed by atoms with Crippen LogP contribution in [-0.2, 0) is 9.53 Å². The van der Waals surface area contributed by atoms with Gasteiger partial charge in [0.1, 0.15) is 12.1 Å². The normalized spacial score (nSPS) is 15.0. The summed E-state index contributed by atoms with van der Waals surface area (Å²) in [5.41, 5.74) is 0.428. The van der Waals surface area contributed by atoms with Crippen LogP contribution in [0.3, 0.4) is 0 Å². The van der Waals surface area contributed by atoms with Gasteiger partial charge in [-0.3, -0.25) is 14.4 Å². The number of nitrogens with zero attached hydrogens (tertiary/aromatic N) is 1. The second-order valence-corrected chi connectivity index (χ2v) is 5.34. The monoisotopic (exact) mass is 292 g/mol. The van der Waals surface area contributed by atoms with E-state index in [4.69, 9.17) is 0 Å². The van der Waals surface area contributed by atoms with E-state index >= 15 is 0 Å². The molecular weight excluding hydrogens is 272 g/mol. The maximum Gasteiger partial charge on any atom is 0.325 e. The fourth-order valence-electron chi connectivity index (χ4n) is 2.68. The molecule has 0 bridgehead atoms. The van der Waals surface area contributed by atoms with E-state index in [0.717, 1.165) is 25.7 Å². The average molecular weight is 292 g/mol. The molecule has 1 fully saturated rings. The van der Waals surface area contributed by atoms with E-state index in [9.17, 15) is 14.4 Å². The summed E-state index contributed by atoms with van der Waals surface area (Å²) in [6, 6.07) is 1.38. The molecule has 0 spiro atoms. The summed E-state index contributed by atoms with van der Waals surface area (Å²) in [6.45, 7) is 1.63. The van der Waals surface area contributed by atoms with Crippen molar-refractivity contribution in [2.75, 3.05) is 13.7 Å². The van der Waals surface area contributed by atoms with Gasteiger partial charge in [-0.2, -0.15) is 0 Å². The first-order valence-electron chi connectivity index (χ1n) is 7.10. The minimum atomic E-state index is -0.473. The Bertz CT molecular complexity index is 588. The number of ether oxygens (including phenoxy) is 1. The van der Waals surface area contributed by atoms with Crippen molar-refractivity contribution in [3.8, 4) is 0 Å². The molecule has 114 valence electrons. The van der Waals surface area contributed by atoms with Gasteiger partial charge < -0.3 is 14.6 Å². The maximum atomic E-state index is 12.6. The van der Waals surface area contributed by atoms with Gasteiger partial charge in [-0.15, -0.1) is 0 Å². The third kappa shape index (κ3) is 3.51. The van der Waals surface area contributed by atoms with Crippen LogP contribution in [0.25, 0.3) is 0 Å². The molecule has 6 nitrogen and oxygen atoms in total. The van der Waals surface area contributed by atoms with Crippen molar-refractivity contribution in [2.24, 2.45) is 0 Å². The van der Waals surface area contributed by atoms with Gasteiger partial charge in [-0.1, -0.05) is 12.8 Å². The number of esters is 1. The zero-order valence-electron chi connectivity index (χ0n) is 12.3. The molecule has 0 unspecified atom stereocenters. The van der Waals surface area contributed by atoms with Crippen molar-refractivity contribution < 1.29 is 14.3 Å². The molecule has 0 saturated heterocycles. The highest BCUT2D eigenvalue weighted by molar-refractivity contribution is 5.95. The Morgan fingerprint density at radius 3 is 2.62 bits per heavy atom. The first-order valence-corrected chi connectivity index (χ1v) is 7.10. The molecule has 1 amide bonds. The van der Waals surface area contributed by atoms with Crippen molar-refractivity contribution in [3.63, 3.8) is 0 Å². The Morgan fingerprint density at radius 1 is 1.38 bits per heavy atom. The SMILES string of the molecule is COC(=O)CN(C(=O)c1c[nH]c(C)cc1=O)C1CCCC1. The zero-order chi connectivity index (χ0) is 15.4. The minimum Gasteiger partial charge on any atom is -0.468 e. The highest BCUT2D eigenvalue weighted by Crippen LogP contribution is 2.24. The molecule has 1 aromatic heterocycles. The van der Waals surface area contributed by atoms with E-state index in [1.165, 1.54) is 24.3 Å². The van der Waals surface area contributed by atoms with Crippen LogP contribution in [0.5, 0.6) is 0 Å². The minimum absolute atomic E-state index is 0.00250. The van der Waals surface area contributed by atoms with Gasteiger partial charge in [0.25, 0.3) is 5.91 Å². The van der Waals surface area contributed by atoms with Gasteiger partial charge in [-0.05, 0) is 19.8 Å². The van der Waals surface area contributed by atoms with Crippen molar-refractivity contribution in [3.05, 3.63) is 33.7 Å². The molecule has 1 aliphatic rings. The Balaban J connectivity index is 2.28. The van der Waals surface area contributed by atoms with E-state index in [-0.39, 0.29) is 23.6 Å². The fraction of sp³-hybridized carbons (Fsp3) is 0.533. The molecule has 0 aliphatic heterocycles. The van der Waals surface area contributed by atoms with Crippen molar-refractivity contribution in [1.82, 2.24) is 9.88 Å². The largest absolute Gasteiger partial charge is 0.468 e. The Morgan fingerprint density at radius 2 is 2.05 bits per heavy atom. The zero-order valence-corrected chi connectivity index (χ0v) is 12.3. The van der Waals surface area contributed by atoms with Crippen LogP contribution in [0, 0.1) is 6.92 Å². The maximum absolute atomic E-state index is 12.6. The van der Waals surface area contributed by atoms with Crippen molar-refractivity contribution in [2.45, 2.75) is 38.6 Å².